The number of halogens is 1. The van der Waals surface area contributed by atoms with Gasteiger partial charge < -0.3 is 16.4 Å². The molecule has 1 aromatic rings. The molecular formula is C11H15BrN4O. The van der Waals surface area contributed by atoms with E-state index in [2.05, 4.69) is 20.9 Å². The number of aromatic nitrogens is 1. The lowest BCUT2D eigenvalue weighted by atomic mass is 9.89. The van der Waals surface area contributed by atoms with Gasteiger partial charge in [0, 0.05) is 13.1 Å². The highest BCUT2D eigenvalue weighted by Crippen LogP contribution is 2.35. The fourth-order valence-electron chi connectivity index (χ4n) is 2.02. The second-order valence-corrected chi connectivity index (χ2v) is 5.52. The Kier molecular flexibility index (Phi) is 2.99. The number of primary amides is 1. The molecule has 2 heterocycles. The molecule has 1 aliphatic rings. The van der Waals surface area contributed by atoms with E-state index >= 15 is 0 Å². The predicted octanol–water partition coefficient (Wildman–Crippen LogP) is 1.13. The third-order valence-electron chi connectivity index (χ3n) is 3.21. The predicted molar refractivity (Wildman–Crippen MR) is 70.5 cm³/mol. The Morgan fingerprint density at radius 2 is 2.35 bits per heavy atom. The molecular weight excluding hydrogens is 284 g/mol. The summed E-state index contributed by atoms with van der Waals surface area (Å²) in [5.74, 6) is 0.552. The van der Waals surface area contributed by atoms with Crippen LogP contribution in [-0.2, 0) is 4.79 Å². The van der Waals surface area contributed by atoms with Crippen LogP contribution >= 0.6 is 15.9 Å². The topological polar surface area (TPSA) is 85.2 Å². The van der Waals surface area contributed by atoms with E-state index in [4.69, 9.17) is 11.5 Å². The standard InChI is InChI=1S/C11H15BrN4O/c1-11(10(14)17)2-3-16(6-11)9-8(12)4-7(13)5-15-9/h4-5H,2-3,6,13H2,1H3,(H2,14,17). The molecule has 17 heavy (non-hydrogen) atoms. The van der Waals surface area contributed by atoms with E-state index in [1.165, 1.54) is 0 Å². The average molecular weight is 299 g/mol. The van der Waals surface area contributed by atoms with Crippen molar-refractivity contribution < 1.29 is 4.79 Å². The third-order valence-corrected chi connectivity index (χ3v) is 3.79. The maximum Gasteiger partial charge on any atom is 0.225 e. The van der Waals surface area contributed by atoms with E-state index in [1.807, 2.05) is 17.9 Å². The van der Waals surface area contributed by atoms with Crippen molar-refractivity contribution in [2.45, 2.75) is 13.3 Å². The van der Waals surface area contributed by atoms with Crippen LogP contribution < -0.4 is 16.4 Å². The zero-order valence-corrected chi connectivity index (χ0v) is 11.2. The number of nitrogens with two attached hydrogens (primary N) is 2. The number of anilines is 2. The van der Waals surface area contributed by atoms with Crippen LogP contribution in [0.3, 0.4) is 0 Å². The smallest absolute Gasteiger partial charge is 0.225 e. The first kappa shape index (κ1) is 12.2. The number of hydrogen-bond donors (Lipinski definition) is 2. The Labute approximate surface area is 108 Å². The van der Waals surface area contributed by atoms with Crippen LogP contribution in [0.5, 0.6) is 0 Å². The van der Waals surface area contributed by atoms with Crippen molar-refractivity contribution in [3.05, 3.63) is 16.7 Å². The van der Waals surface area contributed by atoms with Crippen molar-refractivity contribution in [3.63, 3.8) is 0 Å². The van der Waals surface area contributed by atoms with Crippen molar-refractivity contribution >= 4 is 33.3 Å². The summed E-state index contributed by atoms with van der Waals surface area (Å²) in [6, 6.07) is 1.81. The molecule has 0 spiro atoms. The van der Waals surface area contributed by atoms with Gasteiger partial charge in [-0.3, -0.25) is 4.79 Å². The maximum atomic E-state index is 11.4. The van der Waals surface area contributed by atoms with Crippen molar-refractivity contribution in [1.29, 1.82) is 0 Å². The monoisotopic (exact) mass is 298 g/mol. The lowest BCUT2D eigenvalue weighted by Crippen LogP contribution is -2.37. The van der Waals surface area contributed by atoms with Gasteiger partial charge in [0.1, 0.15) is 5.82 Å². The van der Waals surface area contributed by atoms with E-state index in [9.17, 15) is 4.79 Å². The first-order chi connectivity index (χ1) is 7.92. The van der Waals surface area contributed by atoms with Gasteiger partial charge in [-0.05, 0) is 35.3 Å². The van der Waals surface area contributed by atoms with Gasteiger partial charge in [-0.25, -0.2) is 4.98 Å². The summed E-state index contributed by atoms with van der Waals surface area (Å²) < 4.78 is 0.839. The first-order valence-corrected chi connectivity index (χ1v) is 6.17. The Hall–Kier alpha value is -1.30. The fraction of sp³-hybridized carbons (Fsp3) is 0.455. The van der Waals surface area contributed by atoms with E-state index in [-0.39, 0.29) is 5.91 Å². The number of nitrogen functional groups attached to an aromatic ring is 1. The number of nitrogens with zero attached hydrogens (tertiary/aromatic N) is 2. The summed E-state index contributed by atoms with van der Waals surface area (Å²) >= 11 is 3.43. The molecule has 92 valence electrons. The first-order valence-electron chi connectivity index (χ1n) is 5.38. The highest BCUT2D eigenvalue weighted by Gasteiger charge is 2.39. The summed E-state index contributed by atoms with van der Waals surface area (Å²) in [7, 11) is 0. The van der Waals surface area contributed by atoms with Crippen LogP contribution in [0.2, 0.25) is 0 Å². The highest BCUT2D eigenvalue weighted by molar-refractivity contribution is 9.10. The minimum atomic E-state index is -0.470. The molecule has 1 amide bonds. The van der Waals surface area contributed by atoms with Crippen LogP contribution in [0.4, 0.5) is 11.5 Å². The highest BCUT2D eigenvalue weighted by atomic mass is 79.9. The second kappa shape index (κ2) is 4.18. The molecule has 1 atom stereocenters. The Bertz CT molecular complexity index is 465. The molecule has 1 fully saturated rings. The molecule has 4 N–H and O–H groups in total. The van der Waals surface area contributed by atoms with Crippen LogP contribution in [0, 0.1) is 5.41 Å². The summed E-state index contributed by atoms with van der Waals surface area (Å²) in [5.41, 5.74) is 11.2. The van der Waals surface area contributed by atoms with Gasteiger partial charge in [0.15, 0.2) is 0 Å². The summed E-state index contributed by atoms with van der Waals surface area (Å²) in [6.07, 6.45) is 2.36. The molecule has 0 aromatic carbocycles. The molecule has 0 aliphatic carbocycles. The van der Waals surface area contributed by atoms with Crippen molar-refractivity contribution in [3.8, 4) is 0 Å². The Morgan fingerprint density at radius 1 is 1.65 bits per heavy atom. The molecule has 5 nitrogen and oxygen atoms in total. The molecule has 0 radical (unpaired) electrons. The van der Waals surface area contributed by atoms with Gasteiger partial charge in [0.2, 0.25) is 5.91 Å². The van der Waals surface area contributed by atoms with Gasteiger partial charge in [0.05, 0.1) is 21.8 Å². The second-order valence-electron chi connectivity index (χ2n) is 4.67. The van der Waals surface area contributed by atoms with Gasteiger partial charge in [-0.2, -0.15) is 0 Å². The van der Waals surface area contributed by atoms with E-state index < -0.39 is 5.41 Å². The Balaban J connectivity index is 2.24. The Morgan fingerprint density at radius 3 is 2.88 bits per heavy atom. The fourth-order valence-corrected chi connectivity index (χ4v) is 2.64. The van der Waals surface area contributed by atoms with Gasteiger partial charge in [0.25, 0.3) is 0 Å². The van der Waals surface area contributed by atoms with Crippen molar-refractivity contribution in [2.75, 3.05) is 23.7 Å². The molecule has 0 bridgehead atoms. The summed E-state index contributed by atoms with van der Waals surface area (Å²) in [5, 5.41) is 0. The zero-order valence-electron chi connectivity index (χ0n) is 9.61. The molecule has 1 aliphatic heterocycles. The van der Waals surface area contributed by atoms with E-state index in [0.29, 0.717) is 12.2 Å². The third kappa shape index (κ3) is 2.22. The van der Waals surface area contributed by atoms with E-state index in [0.717, 1.165) is 23.3 Å². The average Bonchev–Trinajstić information content (AvgIpc) is 2.62. The van der Waals surface area contributed by atoms with Crippen LogP contribution in [-0.4, -0.2) is 24.0 Å². The number of rotatable bonds is 2. The van der Waals surface area contributed by atoms with Crippen molar-refractivity contribution in [2.24, 2.45) is 11.1 Å². The minimum absolute atomic E-state index is 0.258. The molecule has 2 rings (SSSR count). The molecule has 6 heteroatoms. The number of pyridine rings is 1. The zero-order chi connectivity index (χ0) is 12.6. The summed E-state index contributed by atoms with van der Waals surface area (Å²) in [4.78, 5) is 17.7. The molecule has 1 aromatic heterocycles. The number of amides is 1. The lowest BCUT2D eigenvalue weighted by Gasteiger charge is -2.22. The summed E-state index contributed by atoms with van der Waals surface area (Å²) in [6.45, 7) is 3.26. The number of hydrogen-bond acceptors (Lipinski definition) is 4. The van der Waals surface area contributed by atoms with Gasteiger partial charge in [-0.1, -0.05) is 0 Å². The normalized spacial score (nSPS) is 24.0. The van der Waals surface area contributed by atoms with Gasteiger partial charge in [-0.15, -0.1) is 0 Å². The number of carbonyl (C=O) groups is 1. The largest absolute Gasteiger partial charge is 0.397 e. The van der Waals surface area contributed by atoms with Crippen LogP contribution in [0.15, 0.2) is 16.7 Å². The minimum Gasteiger partial charge on any atom is -0.397 e. The number of carbonyl (C=O) groups excluding carboxylic acids is 1. The molecule has 0 saturated carbocycles. The molecule has 1 saturated heterocycles. The quantitative estimate of drug-likeness (QED) is 0.857. The molecule has 1 unspecified atom stereocenters. The van der Waals surface area contributed by atoms with Crippen molar-refractivity contribution in [1.82, 2.24) is 4.98 Å². The maximum absolute atomic E-state index is 11.4. The van der Waals surface area contributed by atoms with E-state index in [1.54, 1.807) is 6.20 Å². The van der Waals surface area contributed by atoms with Gasteiger partial charge >= 0.3 is 0 Å². The lowest BCUT2D eigenvalue weighted by molar-refractivity contribution is -0.125. The SMILES string of the molecule is CC1(C(N)=O)CCN(c2ncc(N)cc2Br)C1. The van der Waals surface area contributed by atoms with Crippen LogP contribution in [0.1, 0.15) is 13.3 Å². The van der Waals surface area contributed by atoms with Crippen LogP contribution in [0.25, 0.3) is 0 Å².